The Bertz CT molecular complexity index is 1310. The van der Waals surface area contributed by atoms with Gasteiger partial charge >= 0.3 is 0 Å². The van der Waals surface area contributed by atoms with Gasteiger partial charge in [0, 0.05) is 24.0 Å². The van der Waals surface area contributed by atoms with E-state index in [4.69, 9.17) is 15.2 Å². The lowest BCUT2D eigenvalue weighted by Crippen LogP contribution is -2.55. The van der Waals surface area contributed by atoms with Crippen LogP contribution in [0.1, 0.15) is 58.6 Å². The van der Waals surface area contributed by atoms with Gasteiger partial charge in [-0.25, -0.2) is 0 Å². The minimum absolute atomic E-state index is 0.0439. The van der Waals surface area contributed by atoms with Crippen LogP contribution < -0.4 is 15.4 Å². The normalized spacial score (nSPS) is 26.6. The fourth-order valence-corrected chi connectivity index (χ4v) is 6.04. The number of allylic oxidation sites excluding steroid dienone is 2. The summed E-state index contributed by atoms with van der Waals surface area (Å²) >= 11 is 0. The number of nitrogens with zero attached hydrogens (tertiary/aromatic N) is 2. The van der Waals surface area contributed by atoms with Crippen molar-refractivity contribution in [3.05, 3.63) is 52.1 Å². The zero-order valence-electron chi connectivity index (χ0n) is 19.8. The minimum atomic E-state index is -1.66. The molecule has 0 aromatic heterocycles. The monoisotopic (exact) mass is 445 g/mol. The SMILES string of the molecule is COc1cc2c3c(c1)[C@@]1(C(=O)N3C(C)(C)C=C2C)C(C#N)=C(N)OC2=C1C(=O)CC(C)(C)C2. The molecule has 7 nitrogen and oxygen atoms in total. The molecule has 0 radical (unpaired) electrons. The van der Waals surface area contributed by atoms with Gasteiger partial charge in [-0.15, -0.1) is 0 Å². The van der Waals surface area contributed by atoms with Gasteiger partial charge in [0.25, 0.3) is 0 Å². The predicted octanol–water partition coefficient (Wildman–Crippen LogP) is 3.84. The highest BCUT2D eigenvalue weighted by molar-refractivity contribution is 6.22. The molecule has 3 aliphatic heterocycles. The smallest absolute Gasteiger partial charge is 0.248 e. The molecule has 1 spiro atoms. The lowest BCUT2D eigenvalue weighted by molar-refractivity contribution is -0.126. The van der Waals surface area contributed by atoms with Gasteiger partial charge in [-0.05, 0) is 43.9 Å². The van der Waals surface area contributed by atoms with E-state index in [0.29, 0.717) is 29.2 Å². The van der Waals surface area contributed by atoms with E-state index in [1.807, 2.05) is 46.8 Å². The van der Waals surface area contributed by atoms with Gasteiger partial charge in [0.1, 0.15) is 28.6 Å². The van der Waals surface area contributed by atoms with Gasteiger partial charge in [0.05, 0.1) is 23.9 Å². The van der Waals surface area contributed by atoms with Crippen LogP contribution in [0.2, 0.25) is 0 Å². The van der Waals surface area contributed by atoms with Crippen molar-refractivity contribution in [1.82, 2.24) is 0 Å². The van der Waals surface area contributed by atoms with Gasteiger partial charge in [0.2, 0.25) is 11.8 Å². The van der Waals surface area contributed by atoms with Crippen molar-refractivity contribution in [1.29, 1.82) is 5.26 Å². The highest BCUT2D eigenvalue weighted by Crippen LogP contribution is 2.61. The van der Waals surface area contributed by atoms with E-state index in [9.17, 15) is 14.9 Å². The Kier molecular flexibility index (Phi) is 4.06. The van der Waals surface area contributed by atoms with Crippen molar-refractivity contribution >= 4 is 23.0 Å². The van der Waals surface area contributed by atoms with Crippen LogP contribution in [0.4, 0.5) is 5.69 Å². The third kappa shape index (κ3) is 2.49. The molecule has 3 heterocycles. The zero-order valence-corrected chi connectivity index (χ0v) is 19.8. The molecule has 1 aliphatic carbocycles. The molecule has 0 saturated heterocycles. The number of benzene rings is 1. The fourth-order valence-electron chi connectivity index (χ4n) is 6.04. The van der Waals surface area contributed by atoms with Crippen molar-refractivity contribution in [2.24, 2.45) is 11.1 Å². The quantitative estimate of drug-likeness (QED) is 0.704. The number of hydrogen-bond acceptors (Lipinski definition) is 6. The van der Waals surface area contributed by atoms with E-state index < -0.39 is 11.0 Å². The molecular formula is C26H27N3O4. The number of methoxy groups -OCH3 is 1. The molecule has 0 fully saturated rings. The number of nitrogens with two attached hydrogens (primary N) is 1. The Morgan fingerprint density at radius 2 is 1.88 bits per heavy atom. The third-order valence-corrected chi connectivity index (χ3v) is 7.22. The lowest BCUT2D eigenvalue weighted by atomic mass is 9.62. The number of Topliss-reactive ketones (excluding diaryl/α,β-unsaturated/α-hetero) is 1. The number of ether oxygens (including phenoxy) is 2. The molecule has 0 saturated carbocycles. The van der Waals surface area contributed by atoms with Gasteiger partial charge < -0.3 is 20.1 Å². The number of rotatable bonds is 1. The molecule has 4 aliphatic rings. The first-order chi connectivity index (χ1) is 15.4. The summed E-state index contributed by atoms with van der Waals surface area (Å²) in [4.78, 5) is 29.9. The first-order valence-corrected chi connectivity index (χ1v) is 11.0. The average molecular weight is 446 g/mol. The number of ketones is 1. The highest BCUT2D eigenvalue weighted by Gasteiger charge is 2.65. The third-order valence-electron chi connectivity index (χ3n) is 7.22. The molecule has 1 aromatic carbocycles. The van der Waals surface area contributed by atoms with Crippen LogP contribution in [0.5, 0.6) is 5.75 Å². The molecular weight excluding hydrogens is 418 g/mol. The Balaban J connectivity index is 1.96. The first kappa shape index (κ1) is 21.3. The Morgan fingerprint density at radius 3 is 2.52 bits per heavy atom. The molecule has 170 valence electrons. The first-order valence-electron chi connectivity index (χ1n) is 11.0. The van der Waals surface area contributed by atoms with Crippen molar-refractivity contribution in [2.75, 3.05) is 12.0 Å². The van der Waals surface area contributed by atoms with E-state index in [2.05, 4.69) is 6.07 Å². The molecule has 33 heavy (non-hydrogen) atoms. The van der Waals surface area contributed by atoms with Gasteiger partial charge in [0.15, 0.2) is 5.78 Å². The summed E-state index contributed by atoms with van der Waals surface area (Å²) in [6.45, 7) is 9.84. The number of nitriles is 1. The van der Waals surface area contributed by atoms with Crippen molar-refractivity contribution in [3.8, 4) is 11.8 Å². The fraction of sp³-hybridized carbons (Fsp3) is 0.423. The molecule has 1 amide bonds. The second-order valence-corrected chi connectivity index (χ2v) is 10.6. The number of hydrogen-bond donors (Lipinski definition) is 1. The number of carbonyl (C=O) groups excluding carboxylic acids is 2. The standard InChI is InChI=1S/C26H27N3O4/c1-13-9-25(4,5)29-21-15(13)7-14(32-6)8-16(21)26(23(29)31)17(12-27)22(28)33-19-11-24(2,3)10-18(30)20(19)26/h7-9H,10-11,28H2,1-6H3/t26-/m1/s1. The topological polar surface area (TPSA) is 106 Å². The van der Waals surface area contributed by atoms with Crippen LogP contribution in [-0.4, -0.2) is 24.3 Å². The van der Waals surface area contributed by atoms with E-state index in [0.717, 1.165) is 11.1 Å². The van der Waals surface area contributed by atoms with E-state index in [1.165, 1.54) is 0 Å². The summed E-state index contributed by atoms with van der Waals surface area (Å²) in [6, 6.07) is 5.78. The lowest BCUT2D eigenvalue weighted by Gasteiger charge is -2.43. The zero-order chi connectivity index (χ0) is 24.1. The van der Waals surface area contributed by atoms with Gasteiger partial charge in [-0.1, -0.05) is 19.9 Å². The van der Waals surface area contributed by atoms with Crippen molar-refractivity contribution in [2.45, 2.75) is 58.4 Å². The summed E-state index contributed by atoms with van der Waals surface area (Å²) in [7, 11) is 1.56. The molecule has 2 N–H and O–H groups in total. The van der Waals surface area contributed by atoms with Crippen molar-refractivity contribution in [3.63, 3.8) is 0 Å². The average Bonchev–Trinajstić information content (AvgIpc) is 2.94. The highest BCUT2D eigenvalue weighted by atomic mass is 16.5. The van der Waals surface area contributed by atoms with Crippen LogP contribution in [0.15, 0.2) is 41.0 Å². The van der Waals surface area contributed by atoms with Gasteiger partial charge in [-0.3, -0.25) is 9.59 Å². The number of anilines is 1. The number of fused-ring (bicyclic) bond motifs is 2. The van der Waals surface area contributed by atoms with E-state index in [1.54, 1.807) is 18.1 Å². The maximum Gasteiger partial charge on any atom is 0.248 e. The minimum Gasteiger partial charge on any atom is -0.497 e. The summed E-state index contributed by atoms with van der Waals surface area (Å²) in [5.74, 6) is 0.227. The summed E-state index contributed by atoms with van der Waals surface area (Å²) in [5, 5.41) is 10.2. The van der Waals surface area contributed by atoms with Crippen LogP contribution >= 0.6 is 0 Å². The molecule has 1 aromatic rings. The molecule has 1 atom stereocenters. The summed E-state index contributed by atoms with van der Waals surface area (Å²) in [6.07, 6.45) is 2.71. The van der Waals surface area contributed by atoms with E-state index >= 15 is 0 Å². The largest absolute Gasteiger partial charge is 0.497 e. The van der Waals surface area contributed by atoms with Crippen LogP contribution in [0.3, 0.4) is 0 Å². The van der Waals surface area contributed by atoms with Gasteiger partial charge in [-0.2, -0.15) is 5.26 Å². The van der Waals surface area contributed by atoms with E-state index in [-0.39, 0.29) is 40.6 Å². The molecule has 7 heteroatoms. The van der Waals surface area contributed by atoms with Crippen LogP contribution in [0, 0.1) is 16.7 Å². The molecule has 0 bridgehead atoms. The second kappa shape index (κ2) is 6.28. The maximum absolute atomic E-state index is 14.5. The number of amides is 1. The van der Waals surface area contributed by atoms with Crippen LogP contribution in [-0.2, 0) is 19.7 Å². The Morgan fingerprint density at radius 1 is 1.18 bits per heavy atom. The second-order valence-electron chi connectivity index (χ2n) is 10.6. The molecule has 5 rings (SSSR count). The maximum atomic E-state index is 14.5. The van der Waals surface area contributed by atoms with Crippen molar-refractivity contribution < 1.29 is 19.1 Å². The Hall–Kier alpha value is -3.53. The predicted molar refractivity (Wildman–Crippen MR) is 123 cm³/mol. The summed E-state index contributed by atoms with van der Waals surface area (Å²) in [5.41, 5.74) is 6.85. The molecule has 0 unspecified atom stereocenters. The Labute approximate surface area is 193 Å². The van der Waals surface area contributed by atoms with Crippen LogP contribution in [0.25, 0.3) is 5.57 Å². The summed E-state index contributed by atoms with van der Waals surface area (Å²) < 4.78 is 11.5. The number of carbonyl (C=O) groups is 2.